The molecule has 0 unspecified atom stereocenters. The molecule has 0 radical (unpaired) electrons. The van der Waals surface area contributed by atoms with Crippen LogP contribution < -0.4 is 0 Å². The van der Waals surface area contributed by atoms with Crippen molar-refractivity contribution < 1.29 is 4.42 Å². The van der Waals surface area contributed by atoms with Gasteiger partial charge in [-0.05, 0) is 31.5 Å². The first-order valence-corrected chi connectivity index (χ1v) is 5.40. The van der Waals surface area contributed by atoms with Crippen molar-refractivity contribution in [3.8, 4) is 0 Å². The summed E-state index contributed by atoms with van der Waals surface area (Å²) in [4.78, 5) is 4.61. The Labute approximate surface area is 95.6 Å². The normalized spacial score (nSPS) is 13.8. The molecule has 0 amide bonds. The molecule has 0 saturated heterocycles. The molecule has 2 heteroatoms. The molecule has 0 N–H and O–H groups in total. The molecule has 1 atom stereocenters. The maximum Gasteiger partial charge on any atom is 0.147 e. The molecule has 82 valence electrons. The molecule has 0 fully saturated rings. The first-order valence-electron chi connectivity index (χ1n) is 5.40. The summed E-state index contributed by atoms with van der Waals surface area (Å²) in [6.45, 7) is 4.06. The van der Waals surface area contributed by atoms with Crippen molar-refractivity contribution in [2.75, 3.05) is 0 Å². The minimum Gasteiger partial charge on any atom is -0.463 e. The van der Waals surface area contributed by atoms with Gasteiger partial charge in [-0.25, -0.2) is 0 Å². The Balaban J connectivity index is 2.18. The van der Waals surface area contributed by atoms with E-state index in [1.54, 1.807) is 6.26 Å². The minimum absolute atomic E-state index is 0.159. The van der Waals surface area contributed by atoms with Crippen LogP contribution in [0.4, 0.5) is 0 Å². The number of benzene rings is 1. The molecule has 0 bridgehead atoms. The number of hydrogen-bond donors (Lipinski definition) is 0. The van der Waals surface area contributed by atoms with E-state index in [-0.39, 0.29) is 6.04 Å². The topological polar surface area (TPSA) is 25.5 Å². The highest BCUT2D eigenvalue weighted by atomic mass is 16.3. The van der Waals surface area contributed by atoms with Gasteiger partial charge in [-0.1, -0.05) is 30.3 Å². The van der Waals surface area contributed by atoms with Gasteiger partial charge in [0.05, 0.1) is 18.0 Å². The molecule has 2 aromatic rings. The lowest BCUT2D eigenvalue weighted by Gasteiger charge is -2.07. The van der Waals surface area contributed by atoms with Crippen molar-refractivity contribution in [3.05, 3.63) is 60.1 Å². The lowest BCUT2D eigenvalue weighted by molar-refractivity contribution is 0.556. The van der Waals surface area contributed by atoms with Crippen LogP contribution in [-0.2, 0) is 0 Å². The SMILES string of the molecule is C/C(=N/[C@H](C)c1ccccc1)c1ccco1. The van der Waals surface area contributed by atoms with Gasteiger partial charge >= 0.3 is 0 Å². The van der Waals surface area contributed by atoms with E-state index in [1.807, 2.05) is 37.3 Å². The molecular formula is C14H15NO. The van der Waals surface area contributed by atoms with E-state index in [2.05, 4.69) is 24.0 Å². The molecule has 2 nitrogen and oxygen atoms in total. The van der Waals surface area contributed by atoms with E-state index in [9.17, 15) is 0 Å². The van der Waals surface area contributed by atoms with Crippen LogP contribution in [0, 0.1) is 0 Å². The lowest BCUT2D eigenvalue weighted by Crippen LogP contribution is -1.97. The molecule has 0 aliphatic carbocycles. The maximum absolute atomic E-state index is 5.30. The van der Waals surface area contributed by atoms with Gasteiger partial charge in [0.25, 0.3) is 0 Å². The third kappa shape index (κ3) is 2.40. The molecule has 2 rings (SSSR count). The van der Waals surface area contributed by atoms with Crippen molar-refractivity contribution in [1.82, 2.24) is 0 Å². The van der Waals surface area contributed by atoms with Gasteiger partial charge in [-0.3, -0.25) is 4.99 Å². The highest BCUT2D eigenvalue weighted by Gasteiger charge is 2.05. The van der Waals surface area contributed by atoms with Gasteiger partial charge in [0.1, 0.15) is 5.76 Å². The number of hydrogen-bond acceptors (Lipinski definition) is 2. The second-order valence-electron chi connectivity index (χ2n) is 3.78. The molecular weight excluding hydrogens is 198 g/mol. The van der Waals surface area contributed by atoms with Gasteiger partial charge in [-0.2, -0.15) is 0 Å². The van der Waals surface area contributed by atoms with Crippen LogP contribution in [0.15, 0.2) is 58.1 Å². The van der Waals surface area contributed by atoms with Crippen LogP contribution >= 0.6 is 0 Å². The fraction of sp³-hybridized carbons (Fsp3) is 0.214. The summed E-state index contributed by atoms with van der Waals surface area (Å²) in [6, 6.07) is 14.2. The van der Waals surface area contributed by atoms with E-state index in [0.29, 0.717) is 0 Å². The van der Waals surface area contributed by atoms with E-state index >= 15 is 0 Å². The average Bonchev–Trinajstić information content (AvgIpc) is 2.83. The Hall–Kier alpha value is -1.83. The van der Waals surface area contributed by atoms with Gasteiger partial charge in [0, 0.05) is 0 Å². The zero-order chi connectivity index (χ0) is 11.4. The quantitative estimate of drug-likeness (QED) is 0.711. The van der Waals surface area contributed by atoms with Crippen LogP contribution in [0.5, 0.6) is 0 Å². The van der Waals surface area contributed by atoms with Crippen LogP contribution in [0.2, 0.25) is 0 Å². The Bertz CT molecular complexity index is 457. The number of aliphatic imine (C=N–C) groups is 1. The molecule has 1 heterocycles. The Morgan fingerprint density at radius 1 is 1.12 bits per heavy atom. The van der Waals surface area contributed by atoms with Crippen LogP contribution in [-0.4, -0.2) is 5.71 Å². The Kier molecular flexibility index (Phi) is 3.20. The van der Waals surface area contributed by atoms with Crippen molar-refractivity contribution in [2.45, 2.75) is 19.9 Å². The fourth-order valence-electron chi connectivity index (χ4n) is 1.64. The molecule has 16 heavy (non-hydrogen) atoms. The number of furan rings is 1. The third-order valence-electron chi connectivity index (χ3n) is 2.55. The van der Waals surface area contributed by atoms with Crippen molar-refractivity contribution in [1.29, 1.82) is 0 Å². The van der Waals surface area contributed by atoms with Crippen molar-refractivity contribution in [3.63, 3.8) is 0 Å². The van der Waals surface area contributed by atoms with Gasteiger partial charge in [0.2, 0.25) is 0 Å². The van der Waals surface area contributed by atoms with Crippen LogP contribution in [0.25, 0.3) is 0 Å². The summed E-state index contributed by atoms with van der Waals surface area (Å²) in [6.07, 6.45) is 1.67. The van der Waals surface area contributed by atoms with Gasteiger partial charge in [0.15, 0.2) is 0 Å². The van der Waals surface area contributed by atoms with Crippen LogP contribution in [0.3, 0.4) is 0 Å². The Morgan fingerprint density at radius 2 is 1.88 bits per heavy atom. The van der Waals surface area contributed by atoms with E-state index in [1.165, 1.54) is 5.56 Å². The van der Waals surface area contributed by atoms with Crippen molar-refractivity contribution >= 4 is 5.71 Å². The summed E-state index contributed by atoms with van der Waals surface area (Å²) < 4.78 is 5.30. The molecule has 0 spiro atoms. The molecule has 0 aliphatic heterocycles. The first-order chi connectivity index (χ1) is 7.77. The fourth-order valence-corrected chi connectivity index (χ4v) is 1.64. The minimum atomic E-state index is 0.159. The second kappa shape index (κ2) is 4.79. The first kappa shape index (κ1) is 10.7. The summed E-state index contributed by atoms with van der Waals surface area (Å²) in [5, 5.41) is 0. The average molecular weight is 213 g/mol. The maximum atomic E-state index is 5.30. The molecule has 0 saturated carbocycles. The highest BCUT2D eigenvalue weighted by molar-refractivity contribution is 5.96. The zero-order valence-corrected chi connectivity index (χ0v) is 9.55. The predicted molar refractivity (Wildman–Crippen MR) is 65.8 cm³/mol. The largest absolute Gasteiger partial charge is 0.463 e. The summed E-state index contributed by atoms with van der Waals surface area (Å²) in [5.41, 5.74) is 2.15. The highest BCUT2D eigenvalue weighted by Crippen LogP contribution is 2.17. The van der Waals surface area contributed by atoms with Crippen molar-refractivity contribution in [2.24, 2.45) is 4.99 Å². The van der Waals surface area contributed by atoms with Gasteiger partial charge in [-0.15, -0.1) is 0 Å². The second-order valence-corrected chi connectivity index (χ2v) is 3.78. The third-order valence-corrected chi connectivity index (χ3v) is 2.55. The number of nitrogens with zero attached hydrogens (tertiary/aromatic N) is 1. The lowest BCUT2D eigenvalue weighted by atomic mass is 10.1. The summed E-state index contributed by atoms with van der Waals surface area (Å²) >= 11 is 0. The van der Waals surface area contributed by atoms with E-state index < -0.39 is 0 Å². The monoisotopic (exact) mass is 213 g/mol. The summed E-state index contributed by atoms with van der Waals surface area (Å²) in [5.74, 6) is 0.836. The van der Waals surface area contributed by atoms with E-state index in [4.69, 9.17) is 4.42 Å². The van der Waals surface area contributed by atoms with Crippen LogP contribution in [0.1, 0.15) is 31.2 Å². The number of rotatable bonds is 3. The zero-order valence-electron chi connectivity index (χ0n) is 9.55. The van der Waals surface area contributed by atoms with E-state index in [0.717, 1.165) is 11.5 Å². The summed E-state index contributed by atoms with van der Waals surface area (Å²) in [7, 11) is 0. The molecule has 1 aromatic carbocycles. The molecule has 0 aliphatic rings. The molecule has 1 aromatic heterocycles. The predicted octanol–water partition coefficient (Wildman–Crippen LogP) is 3.85. The van der Waals surface area contributed by atoms with Gasteiger partial charge < -0.3 is 4.42 Å². The Morgan fingerprint density at radius 3 is 2.50 bits per heavy atom. The standard InChI is InChI=1S/C14H15NO/c1-11(13-7-4-3-5-8-13)15-12(2)14-9-6-10-16-14/h3-11H,1-2H3/b15-12-/t11-/m1/s1. The smallest absolute Gasteiger partial charge is 0.147 e.